The summed E-state index contributed by atoms with van der Waals surface area (Å²) in [7, 11) is 1.60. The predicted octanol–water partition coefficient (Wildman–Crippen LogP) is 3.61. The molecule has 9 heteroatoms. The van der Waals surface area contributed by atoms with E-state index in [0.717, 1.165) is 11.3 Å². The molecule has 0 saturated heterocycles. The van der Waals surface area contributed by atoms with Gasteiger partial charge >= 0.3 is 0 Å². The summed E-state index contributed by atoms with van der Waals surface area (Å²) in [5.41, 5.74) is 1.23. The average Bonchev–Trinajstić information content (AvgIpc) is 3.08. The number of ether oxygens (including phenoxy) is 1. The summed E-state index contributed by atoms with van der Waals surface area (Å²) in [5.74, 6) is 0.182. The number of carbonyl (C=O) groups excluding carboxylic acids is 1. The van der Waals surface area contributed by atoms with Crippen LogP contribution in [-0.4, -0.2) is 28.1 Å². The zero-order valence-electron chi connectivity index (χ0n) is 14.6. The maximum absolute atomic E-state index is 12.4. The molecule has 0 aliphatic carbocycles. The molecule has 0 unspecified atom stereocenters. The molecule has 0 aliphatic rings. The van der Waals surface area contributed by atoms with Gasteiger partial charge in [-0.1, -0.05) is 35.6 Å². The van der Waals surface area contributed by atoms with Gasteiger partial charge in [-0.05, 0) is 30.7 Å². The minimum atomic E-state index is -0.586. The Labute approximate surface area is 159 Å². The van der Waals surface area contributed by atoms with Crippen LogP contribution in [0.5, 0.6) is 5.75 Å². The molecule has 1 N–H and O–H groups in total. The van der Waals surface area contributed by atoms with Gasteiger partial charge in [0.25, 0.3) is 11.6 Å². The van der Waals surface area contributed by atoms with E-state index >= 15 is 0 Å². The average molecular weight is 384 g/mol. The van der Waals surface area contributed by atoms with Crippen molar-refractivity contribution >= 4 is 28.1 Å². The molecule has 27 heavy (non-hydrogen) atoms. The van der Waals surface area contributed by atoms with Gasteiger partial charge < -0.3 is 4.74 Å². The van der Waals surface area contributed by atoms with Gasteiger partial charge in [0.1, 0.15) is 16.3 Å². The van der Waals surface area contributed by atoms with Crippen molar-refractivity contribution in [3.05, 3.63) is 74.3 Å². The molecule has 0 aliphatic heterocycles. The number of anilines is 1. The lowest BCUT2D eigenvalue weighted by atomic mass is 10.1. The maximum Gasteiger partial charge on any atom is 0.285 e. The molecule has 0 saturated carbocycles. The van der Waals surface area contributed by atoms with Gasteiger partial charge in [-0.15, -0.1) is 10.2 Å². The number of para-hydroxylation sites is 1. The number of benzene rings is 2. The second-order valence-electron chi connectivity index (χ2n) is 5.71. The zero-order chi connectivity index (χ0) is 19.4. The van der Waals surface area contributed by atoms with Crippen LogP contribution in [0.3, 0.4) is 0 Å². The smallest absolute Gasteiger partial charge is 0.285 e. The van der Waals surface area contributed by atoms with Crippen molar-refractivity contribution in [2.45, 2.75) is 13.3 Å². The molecule has 138 valence electrons. The molecular formula is C18H16N4O4S. The fourth-order valence-electron chi connectivity index (χ4n) is 2.54. The van der Waals surface area contributed by atoms with Gasteiger partial charge in [0.15, 0.2) is 0 Å². The number of carbonyl (C=O) groups is 1. The summed E-state index contributed by atoms with van der Waals surface area (Å²) in [6.07, 6.45) is 0.558. The van der Waals surface area contributed by atoms with E-state index in [1.165, 1.54) is 17.4 Å². The van der Waals surface area contributed by atoms with E-state index in [2.05, 4.69) is 15.5 Å². The number of amides is 1. The van der Waals surface area contributed by atoms with Crippen LogP contribution in [0.1, 0.15) is 26.5 Å². The van der Waals surface area contributed by atoms with E-state index < -0.39 is 10.8 Å². The summed E-state index contributed by atoms with van der Waals surface area (Å²) in [6, 6.07) is 12.2. The Bertz CT molecular complexity index is 985. The normalized spacial score (nSPS) is 10.4. The molecule has 2 aromatic carbocycles. The topological polar surface area (TPSA) is 107 Å². The number of hydrogen-bond donors (Lipinski definition) is 1. The van der Waals surface area contributed by atoms with Crippen molar-refractivity contribution in [1.82, 2.24) is 10.2 Å². The third kappa shape index (κ3) is 4.26. The minimum Gasteiger partial charge on any atom is -0.497 e. The molecule has 1 heterocycles. The number of aromatic nitrogens is 2. The van der Waals surface area contributed by atoms with Crippen LogP contribution < -0.4 is 10.1 Å². The minimum absolute atomic E-state index is 0.00750. The van der Waals surface area contributed by atoms with Crippen LogP contribution in [0.25, 0.3) is 0 Å². The molecule has 0 bridgehead atoms. The van der Waals surface area contributed by atoms with Crippen LogP contribution in [0.2, 0.25) is 0 Å². The Kier molecular flexibility index (Phi) is 5.41. The van der Waals surface area contributed by atoms with Crippen molar-refractivity contribution < 1.29 is 14.5 Å². The van der Waals surface area contributed by atoms with Gasteiger partial charge in [-0.2, -0.15) is 0 Å². The number of nitrogens with zero attached hydrogens (tertiary/aromatic N) is 3. The summed E-state index contributed by atoms with van der Waals surface area (Å²) in [6.45, 7) is 1.59. The van der Waals surface area contributed by atoms with Gasteiger partial charge in [0.2, 0.25) is 5.13 Å². The number of hydrogen-bond acceptors (Lipinski definition) is 7. The molecule has 0 spiro atoms. The summed E-state index contributed by atoms with van der Waals surface area (Å²) in [4.78, 5) is 23.1. The van der Waals surface area contributed by atoms with Crippen molar-refractivity contribution in [1.29, 1.82) is 0 Å². The van der Waals surface area contributed by atoms with Crippen LogP contribution >= 0.6 is 11.3 Å². The van der Waals surface area contributed by atoms with Crippen LogP contribution in [0.15, 0.2) is 42.5 Å². The highest BCUT2D eigenvalue weighted by molar-refractivity contribution is 7.15. The van der Waals surface area contributed by atoms with Crippen LogP contribution in [0, 0.1) is 17.0 Å². The first-order chi connectivity index (χ1) is 13.0. The largest absolute Gasteiger partial charge is 0.497 e. The van der Waals surface area contributed by atoms with E-state index in [1.807, 2.05) is 24.3 Å². The monoisotopic (exact) mass is 384 g/mol. The van der Waals surface area contributed by atoms with Gasteiger partial charge in [-0.25, -0.2) is 0 Å². The third-order valence-corrected chi connectivity index (χ3v) is 4.71. The second kappa shape index (κ2) is 7.92. The van der Waals surface area contributed by atoms with Gasteiger partial charge in [0.05, 0.1) is 12.0 Å². The molecule has 1 aromatic heterocycles. The molecule has 0 radical (unpaired) electrons. The number of methoxy groups -OCH3 is 1. The number of nitrogens with one attached hydrogen (secondary N) is 1. The first-order valence-corrected chi connectivity index (χ1v) is 8.80. The Balaban J connectivity index is 1.73. The third-order valence-electron chi connectivity index (χ3n) is 3.87. The number of nitro groups is 1. The first kappa shape index (κ1) is 18.5. The molecule has 0 fully saturated rings. The van der Waals surface area contributed by atoms with Crippen molar-refractivity contribution in [3.63, 3.8) is 0 Å². The lowest BCUT2D eigenvalue weighted by Gasteiger charge is -2.04. The predicted molar refractivity (Wildman–Crippen MR) is 101 cm³/mol. The summed E-state index contributed by atoms with van der Waals surface area (Å²) < 4.78 is 5.12. The Morgan fingerprint density at radius 2 is 1.96 bits per heavy atom. The van der Waals surface area contributed by atoms with Crippen LogP contribution in [0.4, 0.5) is 10.8 Å². The van der Waals surface area contributed by atoms with Gasteiger partial charge in [0, 0.05) is 12.0 Å². The van der Waals surface area contributed by atoms with E-state index in [4.69, 9.17) is 4.74 Å². The maximum atomic E-state index is 12.4. The van der Waals surface area contributed by atoms with E-state index in [-0.39, 0.29) is 11.3 Å². The first-order valence-electron chi connectivity index (χ1n) is 7.98. The summed E-state index contributed by atoms with van der Waals surface area (Å²) in [5, 5.41) is 22.9. The number of rotatable bonds is 6. The summed E-state index contributed by atoms with van der Waals surface area (Å²) >= 11 is 1.22. The number of aryl methyl sites for hydroxylation is 1. The standard InChI is InChI=1S/C18H16N4O4S/c1-11-4-3-5-14(16(11)22(24)25)17(23)19-18-21-20-15(27-18)10-12-6-8-13(26-2)9-7-12/h3-9H,10H2,1-2H3,(H,19,21,23). The zero-order valence-corrected chi connectivity index (χ0v) is 15.4. The molecule has 0 atom stereocenters. The quantitative estimate of drug-likeness (QED) is 0.514. The second-order valence-corrected chi connectivity index (χ2v) is 6.77. The fraction of sp³-hybridized carbons (Fsp3) is 0.167. The van der Waals surface area contributed by atoms with Crippen molar-refractivity contribution in [2.75, 3.05) is 12.4 Å². The van der Waals surface area contributed by atoms with Crippen LogP contribution in [-0.2, 0) is 6.42 Å². The molecule has 8 nitrogen and oxygen atoms in total. The van der Waals surface area contributed by atoms with E-state index in [9.17, 15) is 14.9 Å². The van der Waals surface area contributed by atoms with E-state index in [1.54, 1.807) is 26.2 Å². The molecule has 1 amide bonds. The van der Waals surface area contributed by atoms with Crippen molar-refractivity contribution in [3.8, 4) is 5.75 Å². The molecular weight excluding hydrogens is 368 g/mol. The van der Waals surface area contributed by atoms with E-state index in [0.29, 0.717) is 22.1 Å². The lowest BCUT2D eigenvalue weighted by molar-refractivity contribution is -0.385. The Hall–Kier alpha value is -3.33. The number of nitro benzene ring substituents is 1. The Morgan fingerprint density at radius 1 is 1.22 bits per heavy atom. The van der Waals surface area contributed by atoms with Crippen molar-refractivity contribution in [2.24, 2.45) is 0 Å². The SMILES string of the molecule is COc1ccc(Cc2nnc(NC(=O)c3cccc(C)c3[N+](=O)[O-])s2)cc1. The van der Waals surface area contributed by atoms with Gasteiger partial charge in [-0.3, -0.25) is 20.2 Å². The fourth-order valence-corrected chi connectivity index (χ4v) is 3.31. The molecule has 3 aromatic rings. The molecule has 3 rings (SSSR count). The Morgan fingerprint density at radius 3 is 2.63 bits per heavy atom. The lowest BCUT2D eigenvalue weighted by Crippen LogP contribution is -2.14. The highest BCUT2D eigenvalue weighted by Crippen LogP contribution is 2.25. The highest BCUT2D eigenvalue weighted by Gasteiger charge is 2.23. The highest BCUT2D eigenvalue weighted by atomic mass is 32.1.